The quantitative estimate of drug-likeness (QED) is 0.635. The van der Waals surface area contributed by atoms with Crippen LogP contribution in [0.25, 0.3) is 0 Å². The summed E-state index contributed by atoms with van der Waals surface area (Å²) in [6.07, 6.45) is 5.27. The molecule has 0 heterocycles. The fourth-order valence-electron chi connectivity index (χ4n) is 1.68. The summed E-state index contributed by atoms with van der Waals surface area (Å²) in [5.41, 5.74) is 0. The van der Waals surface area contributed by atoms with Crippen molar-refractivity contribution in [2.24, 2.45) is 5.92 Å². The summed E-state index contributed by atoms with van der Waals surface area (Å²) in [6, 6.07) is 0.930. The van der Waals surface area contributed by atoms with E-state index in [2.05, 4.69) is 12.2 Å². The fraction of sp³-hybridized carbons (Fsp3) is 1.00. The molecule has 0 saturated heterocycles. The molecular formula is C10H21NO. The summed E-state index contributed by atoms with van der Waals surface area (Å²) < 4.78 is 0. The molecular weight excluding hydrogens is 150 g/mol. The first-order valence-corrected chi connectivity index (χ1v) is 5.14. The van der Waals surface area contributed by atoms with Crippen LogP contribution in [0.5, 0.6) is 0 Å². The molecule has 2 nitrogen and oxygen atoms in total. The molecule has 1 saturated carbocycles. The fourth-order valence-corrected chi connectivity index (χ4v) is 1.68. The van der Waals surface area contributed by atoms with Gasteiger partial charge in [0.2, 0.25) is 0 Å². The number of aliphatic hydroxyl groups excluding tert-OH is 1. The highest BCUT2D eigenvalue weighted by molar-refractivity contribution is 4.87. The van der Waals surface area contributed by atoms with E-state index in [1.165, 1.54) is 25.7 Å². The molecule has 1 rings (SSSR count). The Balaban J connectivity index is 2.22. The standard InChI is InChI=1S/C10H21NO/c1-3-4-10(9-5-6-9)11-8(2)7-12/h8-12H,3-7H2,1-2H3. The second-order valence-electron chi connectivity index (χ2n) is 3.98. The van der Waals surface area contributed by atoms with Crippen LogP contribution < -0.4 is 5.32 Å². The molecule has 2 N–H and O–H groups in total. The SMILES string of the molecule is CCCC(NC(C)CO)C1CC1. The lowest BCUT2D eigenvalue weighted by atomic mass is 10.1. The van der Waals surface area contributed by atoms with Gasteiger partial charge >= 0.3 is 0 Å². The minimum atomic E-state index is 0.257. The second kappa shape index (κ2) is 4.83. The van der Waals surface area contributed by atoms with Crippen molar-refractivity contribution in [2.45, 2.75) is 51.6 Å². The number of aliphatic hydroxyl groups is 1. The van der Waals surface area contributed by atoms with Crippen LogP contribution in [-0.4, -0.2) is 23.8 Å². The Bertz CT molecular complexity index is 123. The van der Waals surface area contributed by atoms with Gasteiger partial charge in [-0.3, -0.25) is 0 Å². The van der Waals surface area contributed by atoms with Crippen LogP contribution in [0.3, 0.4) is 0 Å². The Hall–Kier alpha value is -0.0800. The van der Waals surface area contributed by atoms with Gasteiger partial charge in [0.25, 0.3) is 0 Å². The third-order valence-corrected chi connectivity index (χ3v) is 2.56. The average Bonchev–Trinajstić information content (AvgIpc) is 2.86. The van der Waals surface area contributed by atoms with Crippen molar-refractivity contribution in [1.29, 1.82) is 0 Å². The Kier molecular flexibility index (Phi) is 4.02. The van der Waals surface area contributed by atoms with Crippen molar-refractivity contribution in [3.8, 4) is 0 Å². The maximum atomic E-state index is 8.89. The Morgan fingerprint density at radius 3 is 2.58 bits per heavy atom. The van der Waals surface area contributed by atoms with Crippen molar-refractivity contribution in [1.82, 2.24) is 5.32 Å². The monoisotopic (exact) mass is 171 g/mol. The zero-order chi connectivity index (χ0) is 8.97. The molecule has 0 amide bonds. The number of hydrogen-bond acceptors (Lipinski definition) is 2. The van der Waals surface area contributed by atoms with Gasteiger partial charge in [-0.25, -0.2) is 0 Å². The van der Waals surface area contributed by atoms with E-state index in [1.807, 2.05) is 6.92 Å². The Morgan fingerprint density at radius 1 is 1.50 bits per heavy atom. The smallest absolute Gasteiger partial charge is 0.0582 e. The first-order valence-electron chi connectivity index (χ1n) is 5.14. The number of hydrogen-bond donors (Lipinski definition) is 2. The molecule has 1 fully saturated rings. The Labute approximate surface area is 75.4 Å². The zero-order valence-corrected chi connectivity index (χ0v) is 8.21. The molecule has 0 aromatic rings. The van der Waals surface area contributed by atoms with Crippen LogP contribution >= 0.6 is 0 Å². The molecule has 0 spiro atoms. The van der Waals surface area contributed by atoms with E-state index in [9.17, 15) is 0 Å². The van der Waals surface area contributed by atoms with Crippen LogP contribution in [-0.2, 0) is 0 Å². The molecule has 0 bridgehead atoms. The highest BCUT2D eigenvalue weighted by Gasteiger charge is 2.30. The molecule has 0 radical (unpaired) electrons. The Morgan fingerprint density at radius 2 is 2.17 bits per heavy atom. The van der Waals surface area contributed by atoms with Gasteiger partial charge in [-0.2, -0.15) is 0 Å². The summed E-state index contributed by atoms with van der Waals surface area (Å²) >= 11 is 0. The predicted octanol–water partition coefficient (Wildman–Crippen LogP) is 1.54. The molecule has 1 aliphatic rings. The van der Waals surface area contributed by atoms with Crippen LogP contribution in [0.4, 0.5) is 0 Å². The van der Waals surface area contributed by atoms with Crippen molar-refractivity contribution in [2.75, 3.05) is 6.61 Å². The van der Waals surface area contributed by atoms with Gasteiger partial charge in [0.05, 0.1) is 6.61 Å². The van der Waals surface area contributed by atoms with Gasteiger partial charge in [-0.15, -0.1) is 0 Å². The van der Waals surface area contributed by atoms with Crippen molar-refractivity contribution < 1.29 is 5.11 Å². The molecule has 0 aromatic carbocycles. The molecule has 0 aromatic heterocycles. The van der Waals surface area contributed by atoms with E-state index < -0.39 is 0 Å². The lowest BCUT2D eigenvalue weighted by Gasteiger charge is -2.21. The third-order valence-electron chi connectivity index (χ3n) is 2.56. The minimum absolute atomic E-state index is 0.257. The molecule has 0 aliphatic heterocycles. The molecule has 1 aliphatic carbocycles. The van der Waals surface area contributed by atoms with Gasteiger partial charge in [0.1, 0.15) is 0 Å². The summed E-state index contributed by atoms with van der Waals surface area (Å²) in [7, 11) is 0. The van der Waals surface area contributed by atoms with E-state index in [1.54, 1.807) is 0 Å². The first kappa shape index (κ1) is 10.0. The first-order chi connectivity index (χ1) is 5.77. The van der Waals surface area contributed by atoms with E-state index in [-0.39, 0.29) is 12.6 Å². The average molecular weight is 171 g/mol. The van der Waals surface area contributed by atoms with Crippen LogP contribution in [0, 0.1) is 5.92 Å². The third kappa shape index (κ3) is 3.11. The van der Waals surface area contributed by atoms with Crippen molar-refractivity contribution >= 4 is 0 Å². The number of rotatable bonds is 6. The van der Waals surface area contributed by atoms with Gasteiger partial charge in [0, 0.05) is 12.1 Å². The molecule has 72 valence electrons. The lowest BCUT2D eigenvalue weighted by Crippen LogP contribution is -2.39. The largest absolute Gasteiger partial charge is 0.395 e. The maximum Gasteiger partial charge on any atom is 0.0582 e. The van der Waals surface area contributed by atoms with Crippen LogP contribution in [0.15, 0.2) is 0 Å². The maximum absolute atomic E-state index is 8.89. The van der Waals surface area contributed by atoms with E-state index in [4.69, 9.17) is 5.11 Å². The molecule has 2 heteroatoms. The van der Waals surface area contributed by atoms with E-state index in [0.717, 1.165) is 5.92 Å². The van der Waals surface area contributed by atoms with Gasteiger partial charge in [-0.05, 0) is 32.1 Å². The highest BCUT2D eigenvalue weighted by atomic mass is 16.3. The molecule has 2 unspecified atom stereocenters. The van der Waals surface area contributed by atoms with E-state index in [0.29, 0.717) is 6.04 Å². The summed E-state index contributed by atoms with van der Waals surface area (Å²) in [5.74, 6) is 0.902. The number of nitrogens with one attached hydrogen (secondary N) is 1. The van der Waals surface area contributed by atoms with E-state index >= 15 is 0 Å². The lowest BCUT2D eigenvalue weighted by molar-refractivity contribution is 0.232. The highest BCUT2D eigenvalue weighted by Crippen LogP contribution is 2.34. The van der Waals surface area contributed by atoms with Gasteiger partial charge in [-0.1, -0.05) is 13.3 Å². The van der Waals surface area contributed by atoms with Gasteiger partial charge < -0.3 is 10.4 Å². The van der Waals surface area contributed by atoms with Gasteiger partial charge in [0.15, 0.2) is 0 Å². The topological polar surface area (TPSA) is 32.3 Å². The van der Waals surface area contributed by atoms with Crippen molar-refractivity contribution in [3.63, 3.8) is 0 Å². The predicted molar refractivity (Wildman–Crippen MR) is 51.1 cm³/mol. The summed E-state index contributed by atoms with van der Waals surface area (Å²) in [4.78, 5) is 0. The van der Waals surface area contributed by atoms with Crippen molar-refractivity contribution in [3.05, 3.63) is 0 Å². The minimum Gasteiger partial charge on any atom is -0.395 e. The van der Waals surface area contributed by atoms with Crippen LogP contribution in [0.2, 0.25) is 0 Å². The molecule has 12 heavy (non-hydrogen) atoms. The second-order valence-corrected chi connectivity index (χ2v) is 3.98. The zero-order valence-electron chi connectivity index (χ0n) is 8.21. The normalized spacial score (nSPS) is 22.2. The summed E-state index contributed by atoms with van der Waals surface area (Å²) in [5, 5.41) is 12.4. The van der Waals surface area contributed by atoms with Crippen LogP contribution in [0.1, 0.15) is 39.5 Å². The molecule has 2 atom stereocenters. The summed E-state index contributed by atoms with van der Waals surface area (Å²) in [6.45, 7) is 4.53.